The van der Waals surface area contributed by atoms with Crippen LogP contribution in [0, 0.1) is 11.5 Å². The van der Waals surface area contributed by atoms with Crippen molar-refractivity contribution in [3.63, 3.8) is 0 Å². The molecule has 0 aromatic rings. The molecule has 0 aliphatic heterocycles. The Morgan fingerprint density at radius 1 is 0.826 bits per heavy atom. The van der Waals surface area contributed by atoms with Crippen LogP contribution in [-0.2, 0) is 0 Å². The van der Waals surface area contributed by atoms with Gasteiger partial charge in [0.05, 0.1) is 0 Å². The van der Waals surface area contributed by atoms with Crippen molar-refractivity contribution in [2.24, 2.45) is 0 Å². The van der Waals surface area contributed by atoms with Crippen molar-refractivity contribution >= 4 is 26.5 Å². The summed E-state index contributed by atoms with van der Waals surface area (Å²) in [5, 5.41) is 0. The fourth-order valence-corrected chi connectivity index (χ4v) is 18.2. The average Bonchev–Trinajstić information content (AvgIpc) is 2.50. The molecular formula is C21H42SiSn. The first-order valence-corrected chi connectivity index (χ1v) is 21.3. The van der Waals surface area contributed by atoms with Crippen LogP contribution in [0.3, 0.4) is 0 Å². The molecule has 0 spiro atoms. The molecule has 0 aromatic carbocycles. The van der Waals surface area contributed by atoms with Crippen LogP contribution in [0.15, 0.2) is 10.2 Å². The molecule has 134 valence electrons. The van der Waals surface area contributed by atoms with E-state index in [2.05, 4.69) is 62.0 Å². The molecule has 0 heterocycles. The van der Waals surface area contributed by atoms with Crippen molar-refractivity contribution in [1.82, 2.24) is 0 Å². The van der Waals surface area contributed by atoms with Gasteiger partial charge in [-0.15, -0.1) is 0 Å². The first-order chi connectivity index (χ1) is 10.9. The van der Waals surface area contributed by atoms with Crippen molar-refractivity contribution in [2.75, 3.05) is 0 Å². The third-order valence-corrected chi connectivity index (χ3v) is 19.6. The van der Waals surface area contributed by atoms with Crippen molar-refractivity contribution in [2.45, 2.75) is 105 Å². The molecule has 0 rings (SSSR count). The van der Waals surface area contributed by atoms with Gasteiger partial charge < -0.3 is 0 Å². The number of rotatable bonds is 12. The summed E-state index contributed by atoms with van der Waals surface area (Å²) in [7, 11) is -1.18. The second-order valence-corrected chi connectivity index (χ2v) is 25.9. The van der Waals surface area contributed by atoms with Crippen molar-refractivity contribution in [3.05, 3.63) is 10.2 Å². The third-order valence-electron chi connectivity index (χ3n) is 4.46. The predicted octanol–water partition coefficient (Wildman–Crippen LogP) is 7.59. The summed E-state index contributed by atoms with van der Waals surface area (Å²) in [5.41, 5.74) is 3.49. The molecule has 2 heteroatoms. The van der Waals surface area contributed by atoms with Gasteiger partial charge in [-0.05, 0) is 0 Å². The zero-order valence-corrected chi connectivity index (χ0v) is 20.8. The summed E-state index contributed by atoms with van der Waals surface area (Å²) < 4.78 is 7.55. The van der Waals surface area contributed by atoms with E-state index in [-0.39, 0.29) is 0 Å². The van der Waals surface area contributed by atoms with E-state index < -0.39 is 26.5 Å². The van der Waals surface area contributed by atoms with E-state index in [1.165, 1.54) is 44.9 Å². The number of unbranched alkanes of at least 4 members (excludes halogenated alkanes) is 4. The SMILES string of the molecule is CCC[CH2][Sn](/[CH]=C/CCC#C[Si](C)(C)C)([CH2]CCC)[CH2]CCC. The molecule has 0 N–H and O–H groups in total. The Kier molecular flexibility index (Phi) is 13.8. The molecule has 0 aliphatic carbocycles. The minimum absolute atomic E-state index is 1.07. The molecular weight excluding hydrogens is 399 g/mol. The summed E-state index contributed by atoms with van der Waals surface area (Å²) in [6, 6.07) is 0. The molecule has 0 amide bonds. The normalized spacial score (nSPS) is 12.4. The van der Waals surface area contributed by atoms with Gasteiger partial charge in [-0.2, -0.15) is 0 Å². The number of hydrogen-bond acceptors (Lipinski definition) is 0. The summed E-state index contributed by atoms with van der Waals surface area (Å²) >= 11 is -2.02. The Hall–Kier alpha value is 0.316. The Morgan fingerprint density at radius 3 is 1.70 bits per heavy atom. The molecule has 0 saturated heterocycles. The molecule has 0 radical (unpaired) electrons. The van der Waals surface area contributed by atoms with Gasteiger partial charge in [0.2, 0.25) is 0 Å². The van der Waals surface area contributed by atoms with Crippen LogP contribution in [0.1, 0.15) is 72.1 Å². The first-order valence-electron chi connectivity index (χ1n) is 10.1. The van der Waals surface area contributed by atoms with Gasteiger partial charge in [0.1, 0.15) is 0 Å². The van der Waals surface area contributed by atoms with Crippen molar-refractivity contribution < 1.29 is 0 Å². The first kappa shape index (κ1) is 23.3. The van der Waals surface area contributed by atoms with E-state index in [0.717, 1.165) is 6.42 Å². The Morgan fingerprint density at radius 2 is 1.30 bits per heavy atom. The molecule has 0 nitrogen and oxygen atoms in total. The maximum absolute atomic E-state index is 3.49. The zero-order chi connectivity index (χ0) is 17.6. The Labute approximate surface area is 152 Å². The van der Waals surface area contributed by atoms with Crippen LogP contribution < -0.4 is 0 Å². The second-order valence-electron chi connectivity index (χ2n) is 8.17. The van der Waals surface area contributed by atoms with Crippen LogP contribution in [0.4, 0.5) is 0 Å². The van der Waals surface area contributed by atoms with Crippen molar-refractivity contribution in [1.29, 1.82) is 0 Å². The van der Waals surface area contributed by atoms with E-state index in [9.17, 15) is 0 Å². The molecule has 0 saturated carbocycles. The van der Waals surface area contributed by atoms with Crippen LogP contribution in [-0.4, -0.2) is 26.5 Å². The summed E-state index contributed by atoms with van der Waals surface area (Å²) in [4.78, 5) is 0. The zero-order valence-electron chi connectivity index (χ0n) is 16.9. The van der Waals surface area contributed by atoms with Gasteiger partial charge in [-0.25, -0.2) is 0 Å². The average molecular weight is 441 g/mol. The van der Waals surface area contributed by atoms with E-state index in [4.69, 9.17) is 0 Å². The van der Waals surface area contributed by atoms with Gasteiger partial charge in [0.25, 0.3) is 0 Å². The Balaban J connectivity index is 4.72. The fraction of sp³-hybridized carbons (Fsp3) is 0.810. The molecule has 0 unspecified atom stereocenters. The quantitative estimate of drug-likeness (QED) is 0.166. The molecule has 23 heavy (non-hydrogen) atoms. The van der Waals surface area contributed by atoms with Crippen molar-refractivity contribution in [3.8, 4) is 11.5 Å². The van der Waals surface area contributed by atoms with Crippen LogP contribution in [0.2, 0.25) is 33.0 Å². The molecule has 0 bridgehead atoms. The Bertz CT molecular complexity index is 346. The predicted molar refractivity (Wildman–Crippen MR) is 114 cm³/mol. The van der Waals surface area contributed by atoms with E-state index in [0.29, 0.717) is 0 Å². The van der Waals surface area contributed by atoms with E-state index in [1.54, 1.807) is 13.3 Å². The summed E-state index contributed by atoms with van der Waals surface area (Å²) in [6.07, 6.45) is 13.3. The van der Waals surface area contributed by atoms with Crippen LogP contribution in [0.25, 0.3) is 0 Å². The standard InChI is InChI=1S/C9H15Si.3C4H9.Sn/c1-5-6-7-8-9-10(2,3)4;3*1-3-4-2;/h1,5H,6-7H2,2-4H3;3*1,3-4H2,2H3;. The van der Waals surface area contributed by atoms with E-state index in [1.807, 2.05) is 0 Å². The number of hydrogen-bond donors (Lipinski definition) is 0. The minimum atomic E-state index is -2.02. The van der Waals surface area contributed by atoms with Gasteiger partial charge in [0, 0.05) is 0 Å². The molecule has 0 aliphatic rings. The van der Waals surface area contributed by atoms with Gasteiger partial charge >= 0.3 is 153 Å². The van der Waals surface area contributed by atoms with Gasteiger partial charge in [-0.1, -0.05) is 0 Å². The van der Waals surface area contributed by atoms with Gasteiger partial charge in [0.15, 0.2) is 0 Å². The molecule has 0 atom stereocenters. The number of allylic oxidation sites excluding steroid dienone is 1. The topological polar surface area (TPSA) is 0 Å². The fourth-order valence-electron chi connectivity index (χ4n) is 3.03. The van der Waals surface area contributed by atoms with Crippen LogP contribution >= 0.6 is 0 Å². The monoisotopic (exact) mass is 442 g/mol. The summed E-state index contributed by atoms with van der Waals surface area (Å²) in [6.45, 7) is 14.1. The van der Waals surface area contributed by atoms with E-state index >= 15 is 0 Å². The molecule has 0 fully saturated rings. The van der Waals surface area contributed by atoms with Crippen LogP contribution in [0.5, 0.6) is 0 Å². The second kappa shape index (κ2) is 13.6. The maximum atomic E-state index is 3.49. The van der Waals surface area contributed by atoms with Gasteiger partial charge in [-0.3, -0.25) is 0 Å². The molecule has 0 aromatic heterocycles. The third kappa shape index (κ3) is 13.3. The summed E-state index contributed by atoms with van der Waals surface area (Å²) in [5.74, 6) is 3.42.